The Morgan fingerprint density at radius 2 is 1.84 bits per heavy atom. The van der Waals surface area contributed by atoms with Gasteiger partial charge in [0.25, 0.3) is 0 Å². The lowest BCUT2D eigenvalue weighted by Gasteiger charge is -2.20. The third-order valence-corrected chi connectivity index (χ3v) is 3.74. The molecule has 0 aliphatic carbocycles. The van der Waals surface area contributed by atoms with E-state index >= 15 is 0 Å². The first kappa shape index (κ1) is 14.2. The molecule has 0 spiro atoms. The Bertz CT molecular complexity index is 570. The van der Waals surface area contributed by atoms with Crippen molar-refractivity contribution in [2.75, 3.05) is 11.9 Å². The van der Waals surface area contributed by atoms with E-state index in [0.717, 1.165) is 34.2 Å². The lowest BCUT2D eigenvalue weighted by atomic mass is 10.2. The van der Waals surface area contributed by atoms with E-state index in [0.29, 0.717) is 5.88 Å². The fourth-order valence-electron chi connectivity index (χ4n) is 1.89. The number of rotatable bonds is 4. The lowest BCUT2D eigenvalue weighted by Crippen LogP contribution is -2.18. The van der Waals surface area contributed by atoms with Crippen LogP contribution in [0.5, 0.6) is 0 Å². The minimum atomic E-state index is 0.493. The number of nitrogens with zero attached hydrogens (tertiary/aromatic N) is 2. The van der Waals surface area contributed by atoms with Crippen LogP contribution in [0.3, 0.4) is 0 Å². The van der Waals surface area contributed by atoms with Crippen molar-refractivity contribution in [3.05, 3.63) is 58.2 Å². The molecule has 1 aromatic carbocycles. The van der Waals surface area contributed by atoms with Gasteiger partial charge in [-0.05, 0) is 30.2 Å². The standard InChI is InChI=1S/C15H16Cl2N2/c1-11-12(9-16)7-8-15(18-11)19(2)10-13-5-3-4-6-14(13)17/h3-8H,9-10H2,1-2H3. The summed E-state index contributed by atoms with van der Waals surface area (Å²) in [6.45, 7) is 2.71. The summed E-state index contributed by atoms with van der Waals surface area (Å²) in [6, 6.07) is 11.9. The van der Waals surface area contributed by atoms with E-state index in [1.807, 2.05) is 50.4 Å². The highest BCUT2D eigenvalue weighted by molar-refractivity contribution is 6.31. The minimum absolute atomic E-state index is 0.493. The zero-order chi connectivity index (χ0) is 13.8. The van der Waals surface area contributed by atoms with E-state index in [1.54, 1.807) is 0 Å². The molecular weight excluding hydrogens is 279 g/mol. The van der Waals surface area contributed by atoms with Gasteiger partial charge in [0.15, 0.2) is 0 Å². The summed E-state index contributed by atoms with van der Waals surface area (Å²) in [7, 11) is 2.01. The van der Waals surface area contributed by atoms with Crippen molar-refractivity contribution in [1.82, 2.24) is 4.98 Å². The molecule has 0 bridgehead atoms. The molecule has 0 atom stereocenters. The van der Waals surface area contributed by atoms with Gasteiger partial charge in [0.2, 0.25) is 0 Å². The number of alkyl halides is 1. The molecule has 0 unspecified atom stereocenters. The van der Waals surface area contributed by atoms with Crippen LogP contribution >= 0.6 is 23.2 Å². The fraction of sp³-hybridized carbons (Fsp3) is 0.267. The first-order chi connectivity index (χ1) is 9.11. The van der Waals surface area contributed by atoms with Gasteiger partial charge in [0, 0.05) is 30.2 Å². The highest BCUT2D eigenvalue weighted by atomic mass is 35.5. The topological polar surface area (TPSA) is 16.1 Å². The molecule has 0 fully saturated rings. The molecule has 0 N–H and O–H groups in total. The Labute approximate surface area is 124 Å². The van der Waals surface area contributed by atoms with Gasteiger partial charge >= 0.3 is 0 Å². The monoisotopic (exact) mass is 294 g/mol. The first-order valence-corrected chi connectivity index (χ1v) is 7.00. The maximum absolute atomic E-state index is 6.17. The highest BCUT2D eigenvalue weighted by Crippen LogP contribution is 2.20. The Morgan fingerprint density at radius 3 is 2.47 bits per heavy atom. The van der Waals surface area contributed by atoms with Gasteiger partial charge in [0.1, 0.15) is 5.82 Å². The second-order valence-corrected chi connectivity index (χ2v) is 5.17. The quantitative estimate of drug-likeness (QED) is 0.776. The van der Waals surface area contributed by atoms with E-state index in [2.05, 4.69) is 9.88 Å². The number of aryl methyl sites for hydroxylation is 1. The van der Waals surface area contributed by atoms with Crippen LogP contribution in [0.15, 0.2) is 36.4 Å². The molecule has 2 aromatic rings. The van der Waals surface area contributed by atoms with Gasteiger partial charge in [-0.15, -0.1) is 11.6 Å². The average molecular weight is 295 g/mol. The maximum atomic E-state index is 6.17. The molecule has 1 heterocycles. The second kappa shape index (κ2) is 6.27. The number of anilines is 1. The van der Waals surface area contributed by atoms with Crippen molar-refractivity contribution < 1.29 is 0 Å². The first-order valence-electron chi connectivity index (χ1n) is 6.09. The largest absolute Gasteiger partial charge is 0.355 e. The van der Waals surface area contributed by atoms with Gasteiger partial charge in [0.05, 0.1) is 0 Å². The maximum Gasteiger partial charge on any atom is 0.128 e. The third kappa shape index (κ3) is 3.40. The van der Waals surface area contributed by atoms with E-state index in [1.165, 1.54) is 0 Å². The Hall–Kier alpha value is -1.25. The summed E-state index contributed by atoms with van der Waals surface area (Å²) >= 11 is 12.0. The summed E-state index contributed by atoms with van der Waals surface area (Å²) in [5, 5.41) is 0.781. The molecular formula is C15H16Cl2N2. The van der Waals surface area contributed by atoms with Crippen molar-refractivity contribution in [1.29, 1.82) is 0 Å². The van der Waals surface area contributed by atoms with E-state index < -0.39 is 0 Å². The second-order valence-electron chi connectivity index (χ2n) is 4.50. The normalized spacial score (nSPS) is 10.5. The predicted molar refractivity (Wildman–Crippen MR) is 82.1 cm³/mol. The summed E-state index contributed by atoms with van der Waals surface area (Å²) < 4.78 is 0. The average Bonchev–Trinajstić information content (AvgIpc) is 2.41. The smallest absolute Gasteiger partial charge is 0.128 e. The molecule has 0 radical (unpaired) electrons. The van der Waals surface area contributed by atoms with E-state index in [4.69, 9.17) is 23.2 Å². The molecule has 0 aliphatic rings. The van der Waals surface area contributed by atoms with Crippen LogP contribution in [0, 0.1) is 6.92 Å². The van der Waals surface area contributed by atoms with Crippen LogP contribution < -0.4 is 4.90 Å². The lowest BCUT2D eigenvalue weighted by molar-refractivity contribution is 0.889. The van der Waals surface area contributed by atoms with E-state index in [-0.39, 0.29) is 0 Å². The van der Waals surface area contributed by atoms with Crippen LogP contribution in [-0.4, -0.2) is 12.0 Å². The summed E-state index contributed by atoms with van der Waals surface area (Å²) in [4.78, 5) is 6.64. The van der Waals surface area contributed by atoms with Gasteiger partial charge in [-0.3, -0.25) is 0 Å². The molecule has 0 saturated heterocycles. The number of benzene rings is 1. The minimum Gasteiger partial charge on any atom is -0.355 e. The van der Waals surface area contributed by atoms with Crippen LogP contribution in [0.4, 0.5) is 5.82 Å². The molecule has 2 rings (SSSR count). The van der Waals surface area contributed by atoms with Crippen LogP contribution in [-0.2, 0) is 12.4 Å². The third-order valence-electron chi connectivity index (χ3n) is 3.08. The number of aromatic nitrogens is 1. The van der Waals surface area contributed by atoms with Crippen molar-refractivity contribution in [2.45, 2.75) is 19.3 Å². The van der Waals surface area contributed by atoms with Gasteiger partial charge in [-0.1, -0.05) is 35.9 Å². The van der Waals surface area contributed by atoms with E-state index in [9.17, 15) is 0 Å². The molecule has 0 saturated carbocycles. The summed E-state index contributed by atoms with van der Waals surface area (Å²) in [6.07, 6.45) is 0. The molecule has 2 nitrogen and oxygen atoms in total. The fourth-order valence-corrected chi connectivity index (χ4v) is 2.37. The summed E-state index contributed by atoms with van der Waals surface area (Å²) in [5.74, 6) is 1.42. The number of hydrogen-bond acceptors (Lipinski definition) is 2. The van der Waals surface area contributed by atoms with Crippen LogP contribution in [0.1, 0.15) is 16.8 Å². The zero-order valence-corrected chi connectivity index (χ0v) is 12.5. The molecule has 1 aromatic heterocycles. The Balaban J connectivity index is 2.18. The molecule has 100 valence electrons. The number of hydrogen-bond donors (Lipinski definition) is 0. The number of pyridine rings is 1. The summed E-state index contributed by atoms with van der Waals surface area (Å²) in [5.41, 5.74) is 3.13. The van der Waals surface area contributed by atoms with Crippen LogP contribution in [0.2, 0.25) is 5.02 Å². The molecule has 0 amide bonds. The van der Waals surface area contributed by atoms with Crippen molar-refractivity contribution >= 4 is 29.0 Å². The van der Waals surface area contributed by atoms with Crippen LogP contribution in [0.25, 0.3) is 0 Å². The van der Waals surface area contributed by atoms with Crippen molar-refractivity contribution in [2.24, 2.45) is 0 Å². The highest BCUT2D eigenvalue weighted by Gasteiger charge is 2.08. The predicted octanol–water partition coefficient (Wildman–Crippen LogP) is 4.42. The SMILES string of the molecule is Cc1nc(N(C)Cc2ccccc2Cl)ccc1CCl. The van der Waals surface area contributed by atoms with Crippen molar-refractivity contribution in [3.8, 4) is 0 Å². The van der Waals surface area contributed by atoms with Crippen molar-refractivity contribution in [3.63, 3.8) is 0 Å². The van der Waals surface area contributed by atoms with Gasteiger partial charge in [-0.25, -0.2) is 4.98 Å². The number of halogens is 2. The Morgan fingerprint density at radius 1 is 1.11 bits per heavy atom. The molecule has 0 aliphatic heterocycles. The van der Waals surface area contributed by atoms with Gasteiger partial charge in [-0.2, -0.15) is 0 Å². The molecule has 4 heteroatoms. The Kier molecular flexibility index (Phi) is 4.67. The van der Waals surface area contributed by atoms with Gasteiger partial charge < -0.3 is 4.90 Å². The zero-order valence-electron chi connectivity index (χ0n) is 11.0. The molecule has 19 heavy (non-hydrogen) atoms.